The normalized spacial score (nSPS) is 18.6. The van der Waals surface area contributed by atoms with Crippen LogP contribution in [-0.2, 0) is 0 Å². The second-order valence-corrected chi connectivity index (χ2v) is 8.63. The first kappa shape index (κ1) is 21.3. The van der Waals surface area contributed by atoms with Crippen LogP contribution in [0.25, 0.3) is 11.3 Å². The number of hydrogen-bond acceptors (Lipinski definition) is 4. The molecule has 2 aromatic heterocycles. The zero-order chi connectivity index (χ0) is 21.8. The molecule has 2 atom stereocenters. The SMILES string of the molecule is Cc1ccc(-c2ccccn2)c(C(=O)N2CCCC(C)C2CNc2ccc(Cl)cn2)c1. The average molecular weight is 435 g/mol. The van der Waals surface area contributed by atoms with Gasteiger partial charge in [-0.2, -0.15) is 0 Å². The summed E-state index contributed by atoms with van der Waals surface area (Å²) in [5, 5.41) is 4.00. The summed E-state index contributed by atoms with van der Waals surface area (Å²) in [6.45, 7) is 5.63. The zero-order valence-electron chi connectivity index (χ0n) is 17.9. The molecule has 3 aromatic rings. The van der Waals surface area contributed by atoms with E-state index < -0.39 is 0 Å². The van der Waals surface area contributed by atoms with Gasteiger partial charge >= 0.3 is 0 Å². The first-order valence-electron chi connectivity index (χ1n) is 10.7. The molecular weight excluding hydrogens is 408 g/mol. The maximum Gasteiger partial charge on any atom is 0.254 e. The molecule has 1 N–H and O–H groups in total. The van der Waals surface area contributed by atoms with Gasteiger partial charge in [-0.3, -0.25) is 9.78 Å². The van der Waals surface area contributed by atoms with E-state index in [1.165, 1.54) is 0 Å². The lowest BCUT2D eigenvalue weighted by Gasteiger charge is -2.40. The van der Waals surface area contributed by atoms with Crippen LogP contribution >= 0.6 is 11.6 Å². The quantitative estimate of drug-likeness (QED) is 0.579. The minimum atomic E-state index is 0.0618. The number of amides is 1. The van der Waals surface area contributed by atoms with Crippen LogP contribution < -0.4 is 5.32 Å². The Kier molecular flexibility index (Phi) is 6.52. The van der Waals surface area contributed by atoms with Gasteiger partial charge in [-0.25, -0.2) is 4.98 Å². The van der Waals surface area contributed by atoms with E-state index in [2.05, 4.69) is 22.2 Å². The summed E-state index contributed by atoms with van der Waals surface area (Å²) in [7, 11) is 0. The lowest BCUT2D eigenvalue weighted by atomic mass is 9.89. The second-order valence-electron chi connectivity index (χ2n) is 8.19. The maximum atomic E-state index is 13.8. The predicted molar refractivity (Wildman–Crippen MR) is 125 cm³/mol. The maximum absolute atomic E-state index is 13.8. The Labute approximate surface area is 188 Å². The lowest BCUT2D eigenvalue weighted by Crippen LogP contribution is -2.51. The molecule has 1 aliphatic heterocycles. The van der Waals surface area contributed by atoms with Crippen molar-refractivity contribution in [3.63, 3.8) is 0 Å². The van der Waals surface area contributed by atoms with Gasteiger partial charge in [-0.05, 0) is 56.0 Å². The Balaban J connectivity index is 1.61. The summed E-state index contributed by atoms with van der Waals surface area (Å²) in [5.41, 5.74) is 3.46. The van der Waals surface area contributed by atoms with E-state index in [9.17, 15) is 4.79 Å². The number of hydrogen-bond donors (Lipinski definition) is 1. The van der Waals surface area contributed by atoms with Gasteiger partial charge in [0, 0.05) is 36.6 Å². The van der Waals surface area contributed by atoms with Gasteiger partial charge in [0.1, 0.15) is 5.82 Å². The summed E-state index contributed by atoms with van der Waals surface area (Å²) in [5.74, 6) is 1.21. The molecule has 1 fully saturated rings. The first-order chi connectivity index (χ1) is 15.0. The van der Waals surface area contributed by atoms with Crippen molar-refractivity contribution in [2.75, 3.05) is 18.4 Å². The highest BCUT2D eigenvalue weighted by Crippen LogP contribution is 2.29. The summed E-state index contributed by atoms with van der Waals surface area (Å²) in [6.07, 6.45) is 5.50. The average Bonchev–Trinajstić information content (AvgIpc) is 2.79. The third-order valence-corrected chi connectivity index (χ3v) is 6.17. The van der Waals surface area contributed by atoms with E-state index in [0.717, 1.165) is 42.0 Å². The zero-order valence-corrected chi connectivity index (χ0v) is 18.6. The van der Waals surface area contributed by atoms with Gasteiger partial charge in [0.05, 0.1) is 16.8 Å². The molecule has 160 valence electrons. The number of rotatable bonds is 5. The molecule has 1 saturated heterocycles. The van der Waals surface area contributed by atoms with Gasteiger partial charge < -0.3 is 10.2 Å². The van der Waals surface area contributed by atoms with Gasteiger partial charge in [0.15, 0.2) is 0 Å². The van der Waals surface area contributed by atoms with Crippen molar-refractivity contribution in [3.05, 3.63) is 77.1 Å². The van der Waals surface area contributed by atoms with E-state index in [1.54, 1.807) is 12.4 Å². The van der Waals surface area contributed by atoms with Crippen molar-refractivity contribution in [1.29, 1.82) is 0 Å². The van der Waals surface area contributed by atoms with Crippen molar-refractivity contribution < 1.29 is 4.79 Å². The van der Waals surface area contributed by atoms with E-state index in [-0.39, 0.29) is 11.9 Å². The number of nitrogens with one attached hydrogen (secondary N) is 1. The number of piperidine rings is 1. The molecule has 3 heterocycles. The van der Waals surface area contributed by atoms with Crippen molar-refractivity contribution in [3.8, 4) is 11.3 Å². The number of aromatic nitrogens is 2. The van der Waals surface area contributed by atoms with Gasteiger partial charge in [0.2, 0.25) is 0 Å². The minimum absolute atomic E-state index is 0.0618. The fourth-order valence-corrected chi connectivity index (χ4v) is 4.35. The summed E-state index contributed by atoms with van der Waals surface area (Å²) >= 11 is 5.95. The molecular formula is C25H27ClN4O. The second kappa shape index (κ2) is 9.48. The Morgan fingerprint density at radius 2 is 2.06 bits per heavy atom. The van der Waals surface area contributed by atoms with Crippen molar-refractivity contribution in [2.45, 2.75) is 32.7 Å². The highest BCUT2D eigenvalue weighted by molar-refractivity contribution is 6.30. The van der Waals surface area contributed by atoms with Crippen LogP contribution in [-0.4, -0.2) is 39.9 Å². The monoisotopic (exact) mass is 434 g/mol. The molecule has 0 radical (unpaired) electrons. The summed E-state index contributed by atoms with van der Waals surface area (Å²) < 4.78 is 0. The number of carbonyl (C=O) groups excluding carboxylic acids is 1. The van der Waals surface area contributed by atoms with Gasteiger partial charge in [-0.15, -0.1) is 0 Å². The number of nitrogens with zero attached hydrogens (tertiary/aromatic N) is 3. The molecule has 1 amide bonds. The molecule has 31 heavy (non-hydrogen) atoms. The molecule has 2 unspecified atom stereocenters. The number of anilines is 1. The minimum Gasteiger partial charge on any atom is -0.368 e. The summed E-state index contributed by atoms with van der Waals surface area (Å²) in [6, 6.07) is 15.6. The van der Waals surface area contributed by atoms with E-state index in [4.69, 9.17) is 11.6 Å². The number of likely N-dealkylation sites (tertiary alicyclic amines) is 1. The lowest BCUT2D eigenvalue weighted by molar-refractivity contribution is 0.0540. The number of halogens is 1. The topological polar surface area (TPSA) is 58.1 Å². The Morgan fingerprint density at radius 1 is 1.19 bits per heavy atom. The summed E-state index contributed by atoms with van der Waals surface area (Å²) in [4.78, 5) is 24.6. The van der Waals surface area contributed by atoms with E-state index in [1.807, 2.05) is 60.4 Å². The molecule has 0 aliphatic carbocycles. The number of carbonyl (C=O) groups is 1. The Hall–Kier alpha value is -2.92. The van der Waals surface area contributed by atoms with Crippen LogP contribution in [0.5, 0.6) is 0 Å². The van der Waals surface area contributed by atoms with Crippen LogP contribution in [0.3, 0.4) is 0 Å². The van der Waals surface area contributed by atoms with Gasteiger partial charge in [0.25, 0.3) is 5.91 Å². The molecule has 0 bridgehead atoms. The molecule has 1 aliphatic rings. The van der Waals surface area contributed by atoms with Crippen LogP contribution in [0.15, 0.2) is 60.9 Å². The highest BCUT2D eigenvalue weighted by atomic mass is 35.5. The van der Waals surface area contributed by atoms with Gasteiger partial charge in [-0.1, -0.05) is 42.3 Å². The number of aryl methyl sites for hydroxylation is 1. The van der Waals surface area contributed by atoms with Crippen LogP contribution in [0.4, 0.5) is 5.82 Å². The van der Waals surface area contributed by atoms with Crippen molar-refractivity contribution in [2.24, 2.45) is 5.92 Å². The fraction of sp³-hybridized carbons (Fsp3) is 0.320. The molecule has 0 spiro atoms. The third-order valence-electron chi connectivity index (χ3n) is 5.94. The Bertz CT molecular complexity index is 1040. The van der Waals surface area contributed by atoms with Crippen LogP contribution in [0.2, 0.25) is 5.02 Å². The molecule has 6 heteroatoms. The predicted octanol–water partition coefficient (Wildman–Crippen LogP) is 5.46. The number of benzene rings is 1. The van der Waals surface area contributed by atoms with Crippen LogP contribution in [0, 0.1) is 12.8 Å². The fourth-order valence-electron chi connectivity index (χ4n) is 4.24. The van der Waals surface area contributed by atoms with Crippen molar-refractivity contribution in [1.82, 2.24) is 14.9 Å². The van der Waals surface area contributed by atoms with Crippen molar-refractivity contribution >= 4 is 23.3 Å². The standard InChI is InChI=1S/C25H27ClN4O/c1-17-8-10-20(22-7-3-4-12-27-22)21(14-17)25(31)30-13-5-6-18(2)23(30)16-29-24-11-9-19(26)15-28-24/h3-4,7-12,14-15,18,23H,5-6,13,16H2,1-2H3,(H,28,29). The Morgan fingerprint density at radius 3 is 2.81 bits per heavy atom. The number of pyridine rings is 2. The molecule has 0 saturated carbocycles. The third kappa shape index (κ3) is 4.88. The molecule has 5 nitrogen and oxygen atoms in total. The smallest absolute Gasteiger partial charge is 0.254 e. The molecule has 1 aromatic carbocycles. The first-order valence-corrected chi connectivity index (χ1v) is 11.1. The largest absolute Gasteiger partial charge is 0.368 e. The molecule has 4 rings (SSSR count). The highest BCUT2D eigenvalue weighted by Gasteiger charge is 2.33. The van der Waals surface area contributed by atoms with E-state index >= 15 is 0 Å². The van der Waals surface area contributed by atoms with E-state index in [0.29, 0.717) is 23.0 Å². The van der Waals surface area contributed by atoms with Crippen LogP contribution in [0.1, 0.15) is 35.7 Å².